The summed E-state index contributed by atoms with van der Waals surface area (Å²) in [5.74, 6) is 1.39. The molecule has 0 aliphatic heterocycles. The first-order valence-electron chi connectivity index (χ1n) is 6.63. The van der Waals surface area contributed by atoms with Crippen LogP contribution in [0.1, 0.15) is 43.7 Å². The lowest BCUT2D eigenvalue weighted by molar-refractivity contribution is 0.320. The second-order valence-electron chi connectivity index (χ2n) is 5.10. The smallest absolute Gasteiger partial charge is 0.0405 e. The maximum atomic E-state index is 6.11. The summed E-state index contributed by atoms with van der Waals surface area (Å²) < 4.78 is 0. The van der Waals surface area contributed by atoms with E-state index in [0.29, 0.717) is 11.8 Å². The number of halogens is 1. The minimum Gasteiger partial charge on any atom is -0.309 e. The molecule has 2 rings (SSSR count). The van der Waals surface area contributed by atoms with Gasteiger partial charge in [-0.15, -0.1) is 11.6 Å². The van der Waals surface area contributed by atoms with Crippen LogP contribution in [0.15, 0.2) is 24.3 Å². The van der Waals surface area contributed by atoms with Crippen molar-refractivity contribution in [3.8, 4) is 0 Å². The first-order valence-corrected chi connectivity index (χ1v) is 7.17. The van der Waals surface area contributed by atoms with Crippen molar-refractivity contribution in [2.24, 2.45) is 0 Å². The molecule has 0 radical (unpaired) electrons. The number of benzene rings is 1. The van der Waals surface area contributed by atoms with E-state index in [1.54, 1.807) is 0 Å². The van der Waals surface area contributed by atoms with Crippen LogP contribution in [0.5, 0.6) is 0 Å². The summed E-state index contributed by atoms with van der Waals surface area (Å²) in [6, 6.07) is 8.76. The largest absolute Gasteiger partial charge is 0.309 e. The summed E-state index contributed by atoms with van der Waals surface area (Å²) in [5.41, 5.74) is 3.17. The van der Waals surface area contributed by atoms with Crippen molar-refractivity contribution < 1.29 is 0 Å². The van der Waals surface area contributed by atoms with Gasteiger partial charge in [-0.2, -0.15) is 0 Å². The van der Waals surface area contributed by atoms with Crippen molar-refractivity contribution >= 4 is 11.6 Å². The Morgan fingerprint density at radius 2 is 2.00 bits per heavy atom. The average Bonchev–Trinajstić information content (AvgIpc) is 2.36. The van der Waals surface area contributed by atoms with Crippen LogP contribution in [0, 0.1) is 0 Å². The van der Waals surface area contributed by atoms with Crippen LogP contribution in [0.2, 0.25) is 0 Å². The molecule has 0 saturated carbocycles. The van der Waals surface area contributed by atoms with E-state index in [0.717, 1.165) is 19.4 Å². The molecule has 1 atom stereocenters. The lowest BCUT2D eigenvalue weighted by atomic mass is 9.77. The molecule has 17 heavy (non-hydrogen) atoms. The van der Waals surface area contributed by atoms with Gasteiger partial charge in [-0.3, -0.25) is 0 Å². The van der Waals surface area contributed by atoms with Crippen molar-refractivity contribution in [1.82, 2.24) is 5.32 Å². The molecule has 0 aromatic heterocycles. The first-order chi connectivity index (χ1) is 8.24. The van der Waals surface area contributed by atoms with Crippen LogP contribution in [0.3, 0.4) is 0 Å². The maximum Gasteiger partial charge on any atom is 0.0405 e. The van der Waals surface area contributed by atoms with Crippen LogP contribution in [0.4, 0.5) is 0 Å². The molecule has 0 spiro atoms. The van der Waals surface area contributed by atoms with E-state index in [-0.39, 0.29) is 5.54 Å². The van der Waals surface area contributed by atoms with E-state index in [2.05, 4.69) is 43.4 Å². The monoisotopic (exact) mass is 251 g/mol. The minimum atomic E-state index is 0.131. The van der Waals surface area contributed by atoms with Crippen LogP contribution >= 0.6 is 11.6 Å². The van der Waals surface area contributed by atoms with Crippen LogP contribution < -0.4 is 5.32 Å². The highest BCUT2D eigenvalue weighted by atomic mass is 35.5. The second kappa shape index (κ2) is 5.41. The zero-order chi connectivity index (χ0) is 12.3. The van der Waals surface area contributed by atoms with E-state index in [1.807, 2.05) is 0 Å². The Morgan fingerprint density at radius 3 is 2.59 bits per heavy atom. The number of alkyl halides is 1. The normalized spacial score (nSPS) is 18.6. The predicted octanol–water partition coefficient (Wildman–Crippen LogP) is 3.71. The van der Waals surface area contributed by atoms with E-state index in [4.69, 9.17) is 11.6 Å². The van der Waals surface area contributed by atoms with Gasteiger partial charge in [0.05, 0.1) is 0 Å². The van der Waals surface area contributed by atoms with Gasteiger partial charge < -0.3 is 5.32 Å². The number of rotatable bonds is 6. The molecule has 2 heteroatoms. The fourth-order valence-corrected chi connectivity index (χ4v) is 3.09. The topological polar surface area (TPSA) is 12.0 Å². The third kappa shape index (κ3) is 2.51. The van der Waals surface area contributed by atoms with Gasteiger partial charge in [0.15, 0.2) is 0 Å². The Kier molecular flexibility index (Phi) is 4.11. The summed E-state index contributed by atoms with van der Waals surface area (Å²) in [6.07, 6.45) is 3.41. The number of hydrogen-bond acceptors (Lipinski definition) is 1. The quantitative estimate of drug-likeness (QED) is 0.760. The van der Waals surface area contributed by atoms with Crippen LogP contribution in [0.25, 0.3) is 0 Å². The van der Waals surface area contributed by atoms with Crippen molar-refractivity contribution in [3.63, 3.8) is 0 Å². The van der Waals surface area contributed by atoms with E-state index < -0.39 is 0 Å². The third-order valence-electron chi connectivity index (χ3n) is 4.29. The van der Waals surface area contributed by atoms with Crippen LogP contribution in [-0.4, -0.2) is 18.0 Å². The summed E-state index contributed by atoms with van der Waals surface area (Å²) in [4.78, 5) is 0. The summed E-state index contributed by atoms with van der Waals surface area (Å²) in [6.45, 7) is 5.49. The predicted molar refractivity (Wildman–Crippen MR) is 74.9 cm³/mol. The molecule has 0 heterocycles. The van der Waals surface area contributed by atoms with Crippen LogP contribution in [-0.2, 0) is 6.42 Å². The van der Waals surface area contributed by atoms with Crippen molar-refractivity contribution in [3.05, 3.63) is 35.4 Å². The molecular weight excluding hydrogens is 230 g/mol. The molecule has 1 nitrogen and oxygen atoms in total. The molecule has 1 aromatic carbocycles. The summed E-state index contributed by atoms with van der Waals surface area (Å²) >= 11 is 6.11. The van der Waals surface area contributed by atoms with Gasteiger partial charge in [-0.25, -0.2) is 0 Å². The van der Waals surface area contributed by atoms with E-state index >= 15 is 0 Å². The molecule has 1 N–H and O–H groups in total. The number of fused-ring (bicyclic) bond motifs is 1. The average molecular weight is 252 g/mol. The van der Waals surface area contributed by atoms with Crippen molar-refractivity contribution in [2.75, 3.05) is 12.4 Å². The Labute approximate surface area is 110 Å². The highest BCUT2D eigenvalue weighted by Crippen LogP contribution is 2.34. The molecule has 1 unspecified atom stereocenters. The molecule has 1 aliphatic rings. The summed E-state index contributed by atoms with van der Waals surface area (Å²) in [5, 5.41) is 3.69. The van der Waals surface area contributed by atoms with Gasteiger partial charge in [0, 0.05) is 23.9 Å². The molecule has 1 aliphatic carbocycles. The van der Waals surface area contributed by atoms with Crippen molar-refractivity contribution in [1.29, 1.82) is 0 Å². The number of hydrogen-bond donors (Lipinski definition) is 1. The van der Waals surface area contributed by atoms with E-state index in [9.17, 15) is 0 Å². The highest BCUT2D eigenvalue weighted by molar-refractivity contribution is 6.18. The van der Waals surface area contributed by atoms with Gasteiger partial charge in [0.1, 0.15) is 0 Å². The maximum absolute atomic E-state index is 6.11. The molecule has 0 amide bonds. The number of nitrogens with one attached hydrogen (secondary N) is 1. The van der Waals surface area contributed by atoms with Crippen molar-refractivity contribution in [2.45, 2.75) is 44.6 Å². The van der Waals surface area contributed by atoms with Gasteiger partial charge in [0.25, 0.3) is 0 Å². The zero-order valence-corrected chi connectivity index (χ0v) is 11.6. The fraction of sp³-hybridized carbons (Fsp3) is 0.600. The zero-order valence-electron chi connectivity index (χ0n) is 10.8. The standard InChI is InChI=1S/C15H22ClN/c1-3-15(4-2,11-16)17-10-13-9-12-7-5-6-8-14(12)13/h5-8,13,17H,3-4,9-11H2,1-2H3. The Bertz CT molecular complexity index is 363. The van der Waals surface area contributed by atoms with Gasteiger partial charge in [-0.1, -0.05) is 38.1 Å². The molecule has 0 saturated heterocycles. The van der Waals surface area contributed by atoms with E-state index in [1.165, 1.54) is 17.5 Å². The molecule has 0 fully saturated rings. The molecule has 94 valence electrons. The van der Waals surface area contributed by atoms with Gasteiger partial charge in [0.2, 0.25) is 0 Å². The Balaban J connectivity index is 1.92. The lowest BCUT2D eigenvalue weighted by Gasteiger charge is -2.36. The van der Waals surface area contributed by atoms with Gasteiger partial charge >= 0.3 is 0 Å². The third-order valence-corrected chi connectivity index (χ3v) is 4.81. The molecular formula is C15H22ClN. The second-order valence-corrected chi connectivity index (χ2v) is 5.37. The molecule has 0 bridgehead atoms. The Morgan fingerprint density at radius 1 is 1.29 bits per heavy atom. The highest BCUT2D eigenvalue weighted by Gasteiger charge is 2.29. The first kappa shape index (κ1) is 12.9. The van der Waals surface area contributed by atoms with Gasteiger partial charge in [-0.05, 0) is 30.4 Å². The SMILES string of the molecule is CCC(CC)(CCl)NCC1Cc2ccccc21. The summed E-state index contributed by atoms with van der Waals surface area (Å²) in [7, 11) is 0. The lowest BCUT2D eigenvalue weighted by Crippen LogP contribution is -2.48. The Hall–Kier alpha value is -0.530. The fourth-order valence-electron chi connectivity index (χ4n) is 2.62. The minimum absolute atomic E-state index is 0.131. The molecule has 1 aromatic rings.